The van der Waals surface area contributed by atoms with Gasteiger partial charge in [0.2, 0.25) is 5.91 Å². The summed E-state index contributed by atoms with van der Waals surface area (Å²) in [6.07, 6.45) is 3.36. The Morgan fingerprint density at radius 1 is 1.28 bits per heavy atom. The molecular weight excluding hydrogens is 310 g/mol. The molecule has 4 nitrogen and oxygen atoms in total. The first-order chi connectivity index (χ1) is 12.0. The van der Waals surface area contributed by atoms with Gasteiger partial charge in [-0.25, -0.2) is 0 Å². The second kappa shape index (κ2) is 6.81. The molecule has 1 amide bonds. The zero-order valence-electron chi connectivity index (χ0n) is 15.1. The Kier molecular flexibility index (Phi) is 4.73. The summed E-state index contributed by atoms with van der Waals surface area (Å²) in [5.41, 5.74) is 2.43. The highest BCUT2D eigenvalue weighted by Gasteiger charge is 2.50. The third kappa shape index (κ3) is 3.22. The molecule has 0 radical (unpaired) electrons. The molecule has 0 aliphatic carbocycles. The van der Waals surface area contributed by atoms with Gasteiger partial charge >= 0.3 is 0 Å². The van der Waals surface area contributed by atoms with E-state index in [0.717, 1.165) is 16.8 Å². The lowest BCUT2D eigenvalue weighted by atomic mass is 9.88. The van der Waals surface area contributed by atoms with Gasteiger partial charge in [-0.05, 0) is 36.1 Å². The monoisotopic (exact) mass is 335 g/mol. The predicted octanol–water partition coefficient (Wildman–Crippen LogP) is 3.77. The topological polar surface area (TPSA) is 45.2 Å². The van der Waals surface area contributed by atoms with Crippen LogP contribution in [-0.4, -0.2) is 21.3 Å². The van der Waals surface area contributed by atoms with Crippen molar-refractivity contribution in [2.24, 2.45) is 5.92 Å². The first-order valence-corrected chi connectivity index (χ1v) is 8.67. The number of nitrogens with zero attached hydrogens (tertiary/aromatic N) is 2. The van der Waals surface area contributed by atoms with Crippen molar-refractivity contribution in [1.82, 2.24) is 15.2 Å². The van der Waals surface area contributed by atoms with Crippen molar-refractivity contribution in [3.63, 3.8) is 0 Å². The molecule has 1 saturated heterocycles. The zero-order valence-corrected chi connectivity index (χ0v) is 15.1. The fraction of sp³-hybridized carbons (Fsp3) is 0.333. The highest BCUT2D eigenvalue weighted by molar-refractivity contribution is 5.88. The van der Waals surface area contributed by atoms with Crippen molar-refractivity contribution >= 4 is 12.0 Å². The van der Waals surface area contributed by atoms with Crippen LogP contribution in [0.3, 0.4) is 0 Å². The van der Waals surface area contributed by atoms with E-state index in [1.807, 2.05) is 60.4 Å². The lowest BCUT2D eigenvalue weighted by Gasteiger charge is -2.26. The molecule has 2 heterocycles. The summed E-state index contributed by atoms with van der Waals surface area (Å²) >= 11 is 0. The fourth-order valence-electron chi connectivity index (χ4n) is 3.14. The Labute approximate surface area is 149 Å². The largest absolute Gasteiger partial charge is 0.315 e. The van der Waals surface area contributed by atoms with E-state index in [0.29, 0.717) is 6.54 Å². The molecule has 4 heteroatoms. The van der Waals surface area contributed by atoms with Crippen LogP contribution in [0.15, 0.2) is 55.2 Å². The van der Waals surface area contributed by atoms with Gasteiger partial charge in [0.15, 0.2) is 0 Å². The molecule has 1 aromatic heterocycles. The van der Waals surface area contributed by atoms with Gasteiger partial charge in [0.1, 0.15) is 6.17 Å². The summed E-state index contributed by atoms with van der Waals surface area (Å²) in [6, 6.07) is 13.9. The first-order valence-electron chi connectivity index (χ1n) is 8.67. The minimum absolute atomic E-state index is 0.117. The van der Waals surface area contributed by atoms with Crippen LogP contribution in [0, 0.1) is 5.92 Å². The van der Waals surface area contributed by atoms with Crippen LogP contribution in [0.5, 0.6) is 0 Å². The molecule has 2 atom stereocenters. The summed E-state index contributed by atoms with van der Waals surface area (Å²) in [4.78, 5) is 19.6. The molecular formula is C21H25N3O. The summed E-state index contributed by atoms with van der Waals surface area (Å²) in [6.45, 7) is 10.5. The van der Waals surface area contributed by atoms with Crippen molar-refractivity contribution in [3.8, 4) is 0 Å². The van der Waals surface area contributed by atoms with Gasteiger partial charge in [-0.2, -0.15) is 0 Å². The first kappa shape index (κ1) is 17.4. The van der Waals surface area contributed by atoms with E-state index >= 15 is 0 Å². The number of nitrogens with one attached hydrogen (secondary N) is 1. The van der Waals surface area contributed by atoms with Gasteiger partial charge in [-0.1, -0.05) is 56.8 Å². The Morgan fingerprint density at radius 2 is 2.00 bits per heavy atom. The van der Waals surface area contributed by atoms with Gasteiger partial charge < -0.3 is 4.90 Å². The van der Waals surface area contributed by atoms with E-state index < -0.39 is 5.54 Å². The predicted molar refractivity (Wildman–Crippen MR) is 100 cm³/mol. The van der Waals surface area contributed by atoms with Crippen molar-refractivity contribution in [2.45, 2.75) is 39.0 Å². The molecule has 2 aromatic rings. The molecule has 1 aromatic carbocycles. The van der Waals surface area contributed by atoms with Crippen LogP contribution in [0.2, 0.25) is 0 Å². The van der Waals surface area contributed by atoms with Gasteiger partial charge in [-0.3, -0.25) is 15.1 Å². The standard InChI is InChI=1S/C21H25N3O/c1-5-16-9-11-17(12-10-16)14-24-19(18-8-6-7-13-22-18)23-21(4,15(2)3)20(24)25/h5-13,15,19,23H,1,14H2,2-4H3/t19-,21+/m1/s1. The minimum Gasteiger partial charge on any atom is -0.315 e. The molecule has 0 saturated carbocycles. The average Bonchev–Trinajstić information content (AvgIpc) is 2.89. The number of hydrogen-bond acceptors (Lipinski definition) is 3. The number of carbonyl (C=O) groups excluding carboxylic acids is 1. The van der Waals surface area contributed by atoms with Crippen molar-refractivity contribution in [3.05, 3.63) is 72.1 Å². The molecule has 130 valence electrons. The third-order valence-corrected chi connectivity index (χ3v) is 5.14. The van der Waals surface area contributed by atoms with Crippen LogP contribution >= 0.6 is 0 Å². The number of rotatable bonds is 5. The maximum Gasteiger partial charge on any atom is 0.244 e. The van der Waals surface area contributed by atoms with E-state index in [1.165, 1.54) is 0 Å². The summed E-state index contributed by atoms with van der Waals surface area (Å²) in [5, 5.41) is 3.52. The molecule has 0 bridgehead atoms. The smallest absolute Gasteiger partial charge is 0.244 e. The molecule has 1 fully saturated rings. The maximum atomic E-state index is 13.2. The van der Waals surface area contributed by atoms with Crippen LogP contribution in [-0.2, 0) is 11.3 Å². The number of carbonyl (C=O) groups is 1. The highest BCUT2D eigenvalue weighted by atomic mass is 16.2. The van der Waals surface area contributed by atoms with Crippen LogP contribution in [0.4, 0.5) is 0 Å². The second-order valence-electron chi connectivity index (χ2n) is 7.04. The Morgan fingerprint density at radius 3 is 2.56 bits per heavy atom. The number of benzene rings is 1. The summed E-state index contributed by atoms with van der Waals surface area (Å²) in [7, 11) is 0. The number of hydrogen-bond donors (Lipinski definition) is 1. The number of amides is 1. The SMILES string of the molecule is C=Cc1ccc(CN2C(=O)[C@](C)(C(C)C)N[C@H]2c2ccccn2)cc1. The third-order valence-electron chi connectivity index (χ3n) is 5.14. The summed E-state index contributed by atoms with van der Waals surface area (Å²) < 4.78 is 0. The van der Waals surface area contributed by atoms with Crippen molar-refractivity contribution in [1.29, 1.82) is 0 Å². The maximum absolute atomic E-state index is 13.2. The van der Waals surface area contributed by atoms with E-state index in [-0.39, 0.29) is 18.0 Å². The molecule has 0 unspecified atom stereocenters. The van der Waals surface area contributed by atoms with E-state index in [9.17, 15) is 4.79 Å². The minimum atomic E-state index is -0.594. The zero-order chi connectivity index (χ0) is 18.0. The van der Waals surface area contributed by atoms with Gasteiger partial charge in [-0.15, -0.1) is 0 Å². The number of aromatic nitrogens is 1. The second-order valence-corrected chi connectivity index (χ2v) is 7.04. The van der Waals surface area contributed by atoms with Crippen LogP contribution < -0.4 is 5.32 Å². The highest BCUT2D eigenvalue weighted by Crippen LogP contribution is 2.35. The summed E-state index contributed by atoms with van der Waals surface area (Å²) in [5.74, 6) is 0.297. The van der Waals surface area contributed by atoms with Crippen molar-refractivity contribution in [2.75, 3.05) is 0 Å². The molecule has 3 rings (SSSR count). The normalized spacial score (nSPS) is 23.3. The Balaban J connectivity index is 1.94. The van der Waals surface area contributed by atoms with Gasteiger partial charge in [0, 0.05) is 12.7 Å². The number of pyridine rings is 1. The molecule has 1 aliphatic rings. The molecule has 0 spiro atoms. The van der Waals surface area contributed by atoms with E-state index in [2.05, 4.69) is 30.7 Å². The van der Waals surface area contributed by atoms with Crippen LogP contribution in [0.25, 0.3) is 6.08 Å². The van der Waals surface area contributed by atoms with E-state index in [4.69, 9.17) is 0 Å². The van der Waals surface area contributed by atoms with Gasteiger partial charge in [0.05, 0.1) is 11.2 Å². The lowest BCUT2D eigenvalue weighted by molar-refractivity contribution is -0.134. The fourth-order valence-corrected chi connectivity index (χ4v) is 3.14. The van der Waals surface area contributed by atoms with Gasteiger partial charge in [0.25, 0.3) is 0 Å². The van der Waals surface area contributed by atoms with E-state index in [1.54, 1.807) is 6.20 Å². The quantitative estimate of drug-likeness (QED) is 0.905. The Hall–Kier alpha value is -2.46. The average molecular weight is 335 g/mol. The molecule has 1 N–H and O–H groups in total. The lowest BCUT2D eigenvalue weighted by Crippen LogP contribution is -2.48. The Bertz CT molecular complexity index is 754. The molecule has 25 heavy (non-hydrogen) atoms. The van der Waals surface area contributed by atoms with Crippen LogP contribution in [0.1, 0.15) is 43.8 Å². The molecule has 1 aliphatic heterocycles. The van der Waals surface area contributed by atoms with Crippen molar-refractivity contribution < 1.29 is 4.79 Å².